The van der Waals surface area contributed by atoms with Gasteiger partial charge in [-0.3, -0.25) is 4.79 Å². The first-order chi connectivity index (χ1) is 8.52. The zero-order valence-corrected chi connectivity index (χ0v) is 10.0. The predicted octanol–water partition coefficient (Wildman–Crippen LogP) is 1.76. The number of nitrogens with one attached hydrogen (secondary N) is 1. The molecule has 1 unspecified atom stereocenters. The Labute approximate surface area is 104 Å². The second-order valence-electron chi connectivity index (χ2n) is 3.85. The van der Waals surface area contributed by atoms with Gasteiger partial charge in [-0.05, 0) is 44.2 Å². The lowest BCUT2D eigenvalue weighted by Crippen LogP contribution is -2.33. The Kier molecular flexibility index (Phi) is 5.51. The van der Waals surface area contributed by atoms with Gasteiger partial charge in [0.2, 0.25) is 0 Å². The van der Waals surface area contributed by atoms with Crippen LogP contribution in [-0.4, -0.2) is 25.1 Å². The lowest BCUT2D eigenvalue weighted by molar-refractivity contribution is -0.0498. The highest BCUT2D eigenvalue weighted by molar-refractivity contribution is 5.94. The summed E-state index contributed by atoms with van der Waals surface area (Å²) in [5.41, 5.74) is 5.76. The number of benzene rings is 1. The second-order valence-corrected chi connectivity index (χ2v) is 3.85. The number of carbonyl (C=O) groups is 1. The van der Waals surface area contributed by atoms with E-state index >= 15 is 0 Å². The number of carbonyl (C=O) groups excluding carboxylic acids is 1. The van der Waals surface area contributed by atoms with E-state index in [2.05, 4.69) is 10.1 Å². The van der Waals surface area contributed by atoms with Crippen molar-refractivity contribution >= 4 is 5.91 Å². The Bertz CT molecular complexity index is 382. The molecule has 1 amide bonds. The Balaban J connectivity index is 2.59. The van der Waals surface area contributed by atoms with Crippen molar-refractivity contribution in [3.63, 3.8) is 0 Å². The molecule has 0 aliphatic heterocycles. The van der Waals surface area contributed by atoms with Crippen molar-refractivity contribution < 1.29 is 18.3 Å². The molecule has 0 spiro atoms. The maximum Gasteiger partial charge on any atom is 0.387 e. The van der Waals surface area contributed by atoms with Crippen LogP contribution in [0.4, 0.5) is 8.78 Å². The first-order valence-corrected chi connectivity index (χ1v) is 5.58. The molecule has 1 rings (SSSR count). The standard InChI is InChI=1S/C12H16F2N2O2/c1-8(6-7-15)16-11(17)9-2-4-10(5-3-9)18-12(13)14/h2-5,8,12H,6-7,15H2,1H3,(H,16,17). The number of hydrogen-bond acceptors (Lipinski definition) is 3. The van der Waals surface area contributed by atoms with Crippen molar-refractivity contribution in [1.82, 2.24) is 5.32 Å². The molecule has 0 aromatic heterocycles. The van der Waals surface area contributed by atoms with Crippen molar-refractivity contribution in [1.29, 1.82) is 0 Å². The van der Waals surface area contributed by atoms with E-state index in [1.165, 1.54) is 24.3 Å². The molecule has 0 heterocycles. The largest absolute Gasteiger partial charge is 0.435 e. The zero-order valence-electron chi connectivity index (χ0n) is 10.0. The minimum Gasteiger partial charge on any atom is -0.435 e. The van der Waals surface area contributed by atoms with Gasteiger partial charge in [0.05, 0.1) is 0 Å². The molecule has 4 nitrogen and oxygen atoms in total. The summed E-state index contributed by atoms with van der Waals surface area (Å²) in [5.74, 6) is -0.240. The van der Waals surface area contributed by atoms with Crippen molar-refractivity contribution in [2.24, 2.45) is 5.73 Å². The highest BCUT2D eigenvalue weighted by Crippen LogP contribution is 2.14. The third-order valence-electron chi connectivity index (χ3n) is 2.32. The summed E-state index contributed by atoms with van der Waals surface area (Å²) in [7, 11) is 0. The number of amides is 1. The molecule has 0 radical (unpaired) electrons. The van der Waals surface area contributed by atoms with Crippen LogP contribution in [0, 0.1) is 0 Å². The molecule has 0 saturated heterocycles. The van der Waals surface area contributed by atoms with Gasteiger partial charge in [-0.2, -0.15) is 8.78 Å². The van der Waals surface area contributed by atoms with E-state index in [0.717, 1.165) is 0 Å². The van der Waals surface area contributed by atoms with Crippen LogP contribution in [0.5, 0.6) is 5.75 Å². The van der Waals surface area contributed by atoms with E-state index in [1.54, 1.807) is 0 Å². The molecule has 6 heteroatoms. The van der Waals surface area contributed by atoms with Crippen molar-refractivity contribution in [3.8, 4) is 5.75 Å². The van der Waals surface area contributed by atoms with Gasteiger partial charge in [-0.1, -0.05) is 0 Å². The smallest absolute Gasteiger partial charge is 0.387 e. The summed E-state index contributed by atoms with van der Waals surface area (Å²) in [4.78, 5) is 11.7. The highest BCUT2D eigenvalue weighted by Gasteiger charge is 2.10. The minimum absolute atomic E-state index is 0.0246. The number of rotatable bonds is 6. The van der Waals surface area contributed by atoms with Crippen LogP contribution in [0.2, 0.25) is 0 Å². The molecule has 0 aliphatic carbocycles. The molecule has 0 aliphatic rings. The topological polar surface area (TPSA) is 64.3 Å². The van der Waals surface area contributed by atoms with E-state index < -0.39 is 6.61 Å². The fraction of sp³-hybridized carbons (Fsp3) is 0.417. The van der Waals surface area contributed by atoms with Crippen molar-refractivity contribution in [2.75, 3.05) is 6.54 Å². The third kappa shape index (κ3) is 4.67. The number of hydrogen-bond donors (Lipinski definition) is 2. The average Bonchev–Trinajstić information content (AvgIpc) is 2.29. The van der Waals surface area contributed by atoms with Gasteiger partial charge in [0.15, 0.2) is 0 Å². The van der Waals surface area contributed by atoms with Gasteiger partial charge >= 0.3 is 6.61 Å². The summed E-state index contributed by atoms with van der Waals surface area (Å²) < 4.78 is 28.0. The third-order valence-corrected chi connectivity index (χ3v) is 2.32. The number of halogens is 2. The van der Waals surface area contributed by atoms with E-state index in [9.17, 15) is 13.6 Å². The Morgan fingerprint density at radius 1 is 1.39 bits per heavy atom. The van der Waals surface area contributed by atoms with Crippen LogP contribution in [0.1, 0.15) is 23.7 Å². The molecule has 100 valence electrons. The normalized spacial score (nSPS) is 12.3. The van der Waals surface area contributed by atoms with Gasteiger partial charge in [0.25, 0.3) is 5.91 Å². The molecule has 0 fully saturated rings. The van der Waals surface area contributed by atoms with Gasteiger partial charge < -0.3 is 15.8 Å². The van der Waals surface area contributed by atoms with E-state index in [1.807, 2.05) is 6.92 Å². The summed E-state index contributed by atoms with van der Waals surface area (Å²) >= 11 is 0. The highest BCUT2D eigenvalue weighted by atomic mass is 19.3. The summed E-state index contributed by atoms with van der Waals surface area (Å²) in [6.07, 6.45) is 0.679. The first kappa shape index (κ1) is 14.4. The summed E-state index contributed by atoms with van der Waals surface area (Å²) in [6.45, 7) is -0.531. The van der Waals surface area contributed by atoms with Crippen LogP contribution in [0.15, 0.2) is 24.3 Å². The summed E-state index contributed by atoms with van der Waals surface area (Å²) in [5, 5.41) is 2.75. The zero-order chi connectivity index (χ0) is 13.5. The SMILES string of the molecule is CC(CCN)NC(=O)c1ccc(OC(F)F)cc1. The van der Waals surface area contributed by atoms with Gasteiger partial charge in [-0.15, -0.1) is 0 Å². The molecular weight excluding hydrogens is 242 g/mol. The number of alkyl halides is 2. The van der Waals surface area contributed by atoms with Gasteiger partial charge in [0, 0.05) is 11.6 Å². The Hall–Kier alpha value is -1.69. The van der Waals surface area contributed by atoms with Crippen LogP contribution in [-0.2, 0) is 0 Å². The lowest BCUT2D eigenvalue weighted by atomic mass is 10.1. The maximum absolute atomic E-state index is 11.9. The molecule has 3 N–H and O–H groups in total. The lowest BCUT2D eigenvalue weighted by Gasteiger charge is -2.12. The fourth-order valence-electron chi connectivity index (χ4n) is 1.42. The number of nitrogens with two attached hydrogens (primary N) is 1. The van der Waals surface area contributed by atoms with Crippen LogP contribution in [0.25, 0.3) is 0 Å². The fourth-order valence-corrected chi connectivity index (χ4v) is 1.42. The first-order valence-electron chi connectivity index (χ1n) is 5.58. The van der Waals surface area contributed by atoms with Crippen LogP contribution >= 0.6 is 0 Å². The number of ether oxygens (including phenoxy) is 1. The van der Waals surface area contributed by atoms with Crippen molar-refractivity contribution in [3.05, 3.63) is 29.8 Å². The van der Waals surface area contributed by atoms with Crippen LogP contribution in [0.3, 0.4) is 0 Å². The molecule has 1 atom stereocenters. The molecule has 0 bridgehead atoms. The molecule has 1 aromatic rings. The predicted molar refractivity (Wildman–Crippen MR) is 63.7 cm³/mol. The van der Waals surface area contributed by atoms with Gasteiger partial charge in [-0.25, -0.2) is 0 Å². The minimum atomic E-state index is -2.87. The second kappa shape index (κ2) is 6.90. The van der Waals surface area contributed by atoms with Crippen molar-refractivity contribution in [2.45, 2.75) is 26.0 Å². The average molecular weight is 258 g/mol. The van der Waals surface area contributed by atoms with Gasteiger partial charge in [0.1, 0.15) is 5.75 Å². The Morgan fingerprint density at radius 3 is 2.50 bits per heavy atom. The maximum atomic E-state index is 11.9. The van der Waals surface area contributed by atoms with E-state index in [0.29, 0.717) is 18.5 Å². The monoisotopic (exact) mass is 258 g/mol. The van der Waals surface area contributed by atoms with E-state index in [4.69, 9.17) is 5.73 Å². The Morgan fingerprint density at radius 2 is 2.00 bits per heavy atom. The molecule has 1 aromatic carbocycles. The quantitative estimate of drug-likeness (QED) is 0.817. The molecular formula is C12H16F2N2O2. The summed E-state index contributed by atoms with van der Waals surface area (Å²) in [6, 6.07) is 5.49. The molecule has 0 saturated carbocycles. The van der Waals surface area contributed by atoms with Crippen LogP contribution < -0.4 is 15.8 Å². The molecule has 18 heavy (non-hydrogen) atoms. The van der Waals surface area contributed by atoms with E-state index in [-0.39, 0.29) is 17.7 Å².